The average molecular weight is 359 g/mol. The molecule has 11 heavy (non-hydrogen) atoms. The van der Waals surface area contributed by atoms with E-state index in [1.165, 1.54) is 0 Å². The van der Waals surface area contributed by atoms with Crippen molar-refractivity contribution in [2.45, 2.75) is 0 Å². The number of hydrogen-bond acceptors (Lipinski definition) is 4. The van der Waals surface area contributed by atoms with Gasteiger partial charge >= 0.3 is 27.3 Å². The predicted octanol–water partition coefficient (Wildman–Crippen LogP) is -2.56. The Morgan fingerprint density at radius 3 is 0.909 bits per heavy atom. The third-order valence-corrected chi connectivity index (χ3v) is 1.34. The van der Waals surface area contributed by atoms with Crippen LogP contribution in [0.4, 0.5) is 0 Å². The van der Waals surface area contributed by atoms with Gasteiger partial charge in [0.05, 0.1) is 31.8 Å². The van der Waals surface area contributed by atoms with Crippen molar-refractivity contribution in [3.05, 3.63) is 0 Å². The first-order chi connectivity index (χ1) is 4.24. The smallest absolute Gasteiger partial charge is 2.00 e. The summed E-state index contributed by atoms with van der Waals surface area (Å²) in [6.45, 7) is -1.62. The minimum atomic E-state index is -1.11. The Balaban J connectivity index is -0.000000320. The van der Waals surface area contributed by atoms with Gasteiger partial charge in [0.2, 0.25) is 0 Å². The molecule has 0 fully saturated rings. The molecule has 0 aliphatic carbocycles. The van der Waals surface area contributed by atoms with Crippen molar-refractivity contribution in [2.75, 3.05) is 26.4 Å². The van der Waals surface area contributed by atoms with E-state index in [4.69, 9.17) is 20.4 Å². The molecule has 0 unspecified atom stereocenters. The normalized spacial score (nSPS) is 9.82. The summed E-state index contributed by atoms with van der Waals surface area (Å²) < 4.78 is 0. The molecule has 0 aliphatic heterocycles. The monoisotopic (exact) mass is 360 g/mol. The number of rotatable bonds is 4. The Bertz CT molecular complexity index is 57.8. The average Bonchev–Trinajstić information content (AvgIpc) is 1.95. The molecule has 0 spiro atoms. The summed E-state index contributed by atoms with van der Waals surface area (Å²) in [5, 5.41) is 34.0. The molecule has 0 aromatic rings. The molecule has 0 heterocycles. The van der Waals surface area contributed by atoms with Gasteiger partial charge in [0, 0.05) is 0 Å². The van der Waals surface area contributed by atoms with Crippen LogP contribution in [-0.4, -0.2) is 74.2 Å². The molecule has 0 rings (SSSR count). The van der Waals surface area contributed by atoms with Crippen LogP contribution in [0.25, 0.3) is 0 Å². The van der Waals surface area contributed by atoms with Gasteiger partial charge in [-0.15, -0.1) is 0 Å². The molecule has 0 aromatic carbocycles. The van der Waals surface area contributed by atoms with Crippen LogP contribution in [0.15, 0.2) is 0 Å². The second kappa shape index (κ2) is 8.82. The van der Waals surface area contributed by atoms with E-state index in [9.17, 15) is 0 Å². The fourth-order valence-corrected chi connectivity index (χ4v) is 0.300. The number of aliphatic hydroxyl groups is 4. The third kappa shape index (κ3) is 5.04. The van der Waals surface area contributed by atoms with Gasteiger partial charge in [-0.3, -0.25) is 0 Å². The third-order valence-electron chi connectivity index (χ3n) is 1.34. The van der Waals surface area contributed by atoms with E-state index < -0.39 is 31.8 Å². The molecule has 5 nitrogen and oxygen atoms in total. The quantitative estimate of drug-likeness (QED) is 0.414. The summed E-state index contributed by atoms with van der Waals surface area (Å²) in [6.07, 6.45) is 0. The predicted molar refractivity (Wildman–Crippen MR) is 37.2 cm³/mol. The second-order valence-electron chi connectivity index (χ2n) is 2.13. The van der Waals surface area contributed by atoms with Gasteiger partial charge < -0.3 is 25.9 Å². The van der Waals surface area contributed by atoms with E-state index in [-0.39, 0.29) is 32.8 Å². The van der Waals surface area contributed by atoms with Crippen LogP contribution in [0.3, 0.4) is 0 Å². The molecular formula is C5H12O5Pb. The summed E-state index contributed by atoms with van der Waals surface area (Å²) in [4.78, 5) is 0. The molecular weight excluding hydrogens is 347 g/mol. The zero-order chi connectivity index (χ0) is 7.33. The van der Waals surface area contributed by atoms with Crippen molar-refractivity contribution in [3.8, 4) is 0 Å². The largest absolute Gasteiger partial charge is 2.00 e. The van der Waals surface area contributed by atoms with Crippen molar-refractivity contribution in [1.82, 2.24) is 0 Å². The maximum Gasteiger partial charge on any atom is 2.00 e. The van der Waals surface area contributed by atoms with Crippen molar-refractivity contribution >= 4 is 27.3 Å². The Labute approximate surface area is 85.1 Å². The van der Waals surface area contributed by atoms with Crippen LogP contribution in [0, 0.1) is 5.41 Å². The topological polar surface area (TPSA) is 109 Å². The van der Waals surface area contributed by atoms with Crippen molar-refractivity contribution in [2.24, 2.45) is 5.41 Å². The van der Waals surface area contributed by atoms with Crippen molar-refractivity contribution in [1.29, 1.82) is 0 Å². The fourth-order valence-electron chi connectivity index (χ4n) is 0.300. The van der Waals surface area contributed by atoms with Crippen molar-refractivity contribution in [3.63, 3.8) is 0 Å². The summed E-state index contributed by atoms with van der Waals surface area (Å²) in [5.74, 6) is 0. The van der Waals surface area contributed by atoms with Gasteiger partial charge in [-0.1, -0.05) is 0 Å². The first-order valence-corrected chi connectivity index (χ1v) is 2.68. The van der Waals surface area contributed by atoms with Gasteiger partial charge in [-0.05, 0) is 0 Å². The fraction of sp³-hybridized carbons (Fsp3) is 1.00. The van der Waals surface area contributed by atoms with E-state index in [1.54, 1.807) is 0 Å². The van der Waals surface area contributed by atoms with Crippen LogP contribution in [-0.2, 0) is 5.48 Å². The summed E-state index contributed by atoms with van der Waals surface area (Å²) >= 11 is 0. The van der Waals surface area contributed by atoms with Gasteiger partial charge in [-0.25, -0.2) is 0 Å². The maximum atomic E-state index is 8.50. The number of hydrogen-bond donors (Lipinski definition) is 4. The first-order valence-electron chi connectivity index (χ1n) is 2.68. The van der Waals surface area contributed by atoms with Crippen LogP contribution < -0.4 is 0 Å². The van der Waals surface area contributed by atoms with Crippen molar-refractivity contribution < 1.29 is 25.9 Å². The SMILES string of the molecule is OCC(CO)(CO)CO.[O-2].[Pb+2]. The van der Waals surface area contributed by atoms with Crippen LogP contribution in [0.5, 0.6) is 0 Å². The zero-order valence-electron chi connectivity index (χ0n) is 6.03. The van der Waals surface area contributed by atoms with E-state index in [0.717, 1.165) is 0 Å². The molecule has 2 radical (unpaired) electrons. The zero-order valence-corrected chi connectivity index (χ0v) is 9.91. The Kier molecular flexibility index (Phi) is 14.2. The second-order valence-corrected chi connectivity index (χ2v) is 2.13. The maximum absolute atomic E-state index is 8.50. The Hall–Kier alpha value is 0.722. The molecule has 66 valence electrons. The van der Waals surface area contributed by atoms with E-state index >= 15 is 0 Å². The molecule has 0 saturated heterocycles. The van der Waals surface area contributed by atoms with E-state index in [2.05, 4.69) is 0 Å². The minimum Gasteiger partial charge on any atom is -2.00 e. The summed E-state index contributed by atoms with van der Waals surface area (Å²) in [5.41, 5.74) is -1.11. The molecule has 4 N–H and O–H groups in total. The summed E-state index contributed by atoms with van der Waals surface area (Å²) in [6, 6.07) is 0. The minimum absolute atomic E-state index is 0. The Morgan fingerprint density at radius 2 is 0.909 bits per heavy atom. The van der Waals surface area contributed by atoms with Crippen LogP contribution in [0.1, 0.15) is 0 Å². The summed E-state index contributed by atoms with van der Waals surface area (Å²) in [7, 11) is 0. The molecule has 0 saturated carbocycles. The molecule has 0 aromatic heterocycles. The Morgan fingerprint density at radius 1 is 0.727 bits per heavy atom. The van der Waals surface area contributed by atoms with Gasteiger partial charge in [-0.2, -0.15) is 0 Å². The van der Waals surface area contributed by atoms with Gasteiger partial charge in [0.1, 0.15) is 0 Å². The van der Waals surface area contributed by atoms with Gasteiger partial charge in [0.25, 0.3) is 0 Å². The van der Waals surface area contributed by atoms with Crippen LogP contribution >= 0.6 is 0 Å². The molecule has 6 heteroatoms. The van der Waals surface area contributed by atoms with E-state index in [0.29, 0.717) is 0 Å². The van der Waals surface area contributed by atoms with Gasteiger partial charge in [0.15, 0.2) is 0 Å². The molecule has 0 atom stereocenters. The van der Waals surface area contributed by atoms with Crippen LogP contribution in [0.2, 0.25) is 0 Å². The molecule has 0 amide bonds. The standard InChI is InChI=1S/C5H12O4.O.Pb/c6-1-5(2-7,3-8)4-9;;/h6-9H,1-4H2;;/q;-2;+2. The number of aliphatic hydroxyl groups excluding tert-OH is 4. The molecule has 0 aliphatic rings. The van der Waals surface area contributed by atoms with E-state index in [1.807, 2.05) is 0 Å². The molecule has 0 bridgehead atoms. The first kappa shape index (κ1) is 17.7.